The van der Waals surface area contributed by atoms with Gasteiger partial charge in [-0.05, 0) is 31.2 Å². The average Bonchev–Trinajstić information content (AvgIpc) is 3.39. The Bertz CT molecular complexity index is 711. The van der Waals surface area contributed by atoms with Crippen molar-refractivity contribution < 1.29 is 4.79 Å². The van der Waals surface area contributed by atoms with Gasteiger partial charge in [0.25, 0.3) is 0 Å². The first kappa shape index (κ1) is 17.2. The van der Waals surface area contributed by atoms with Gasteiger partial charge in [-0.1, -0.05) is 30.3 Å². The highest BCUT2D eigenvalue weighted by Crippen LogP contribution is 2.32. The number of hydrogen-bond acceptors (Lipinski definition) is 5. The van der Waals surface area contributed by atoms with Crippen molar-refractivity contribution in [2.24, 2.45) is 5.92 Å². The Morgan fingerprint density at radius 3 is 2.69 bits per heavy atom. The molecule has 2 aliphatic heterocycles. The van der Waals surface area contributed by atoms with Crippen molar-refractivity contribution in [2.75, 3.05) is 19.6 Å². The van der Waals surface area contributed by atoms with Crippen LogP contribution < -0.4 is 10.9 Å². The molecule has 2 aromatic rings. The quantitative estimate of drug-likeness (QED) is 0.867. The molecule has 3 atom stereocenters. The number of aromatic nitrogens is 3. The van der Waals surface area contributed by atoms with E-state index in [1.807, 2.05) is 11.8 Å². The Labute approximate surface area is 153 Å². The van der Waals surface area contributed by atoms with E-state index in [9.17, 15) is 4.79 Å². The summed E-state index contributed by atoms with van der Waals surface area (Å²) in [4.78, 5) is 18.6. The molecule has 0 spiro atoms. The maximum atomic E-state index is 12.7. The van der Waals surface area contributed by atoms with Gasteiger partial charge in [0.1, 0.15) is 18.7 Å². The number of nitrogens with one attached hydrogen (secondary N) is 2. The van der Waals surface area contributed by atoms with Crippen LogP contribution in [-0.4, -0.2) is 51.2 Å². The van der Waals surface area contributed by atoms with Gasteiger partial charge in [-0.15, -0.1) is 0 Å². The lowest BCUT2D eigenvalue weighted by Crippen LogP contribution is -2.47. The van der Waals surface area contributed by atoms with E-state index < -0.39 is 0 Å². The number of benzene rings is 1. The molecule has 0 aliphatic carbocycles. The van der Waals surface area contributed by atoms with E-state index in [4.69, 9.17) is 0 Å². The highest BCUT2D eigenvalue weighted by Gasteiger charge is 2.37. The highest BCUT2D eigenvalue weighted by atomic mass is 16.2. The third-order valence-electron chi connectivity index (χ3n) is 5.80. The predicted molar refractivity (Wildman–Crippen MR) is 98.1 cm³/mol. The van der Waals surface area contributed by atoms with Crippen LogP contribution in [0.5, 0.6) is 0 Å². The molecule has 138 valence electrons. The van der Waals surface area contributed by atoms with Crippen LogP contribution in [-0.2, 0) is 4.79 Å². The molecular formula is C19H26N6O. The first-order valence-electron chi connectivity index (χ1n) is 9.40. The van der Waals surface area contributed by atoms with Crippen LogP contribution in [0.15, 0.2) is 43.0 Å². The molecule has 7 heteroatoms. The zero-order valence-corrected chi connectivity index (χ0v) is 15.1. The van der Waals surface area contributed by atoms with E-state index in [2.05, 4.69) is 51.3 Å². The van der Waals surface area contributed by atoms with Gasteiger partial charge in [0, 0.05) is 31.6 Å². The van der Waals surface area contributed by atoms with Gasteiger partial charge < -0.3 is 4.90 Å². The molecule has 3 heterocycles. The summed E-state index contributed by atoms with van der Waals surface area (Å²) < 4.78 is 1.63. The first-order chi connectivity index (χ1) is 12.7. The Hall–Kier alpha value is -2.25. The van der Waals surface area contributed by atoms with Gasteiger partial charge in [0.2, 0.25) is 5.91 Å². The van der Waals surface area contributed by atoms with Crippen LogP contribution in [0.4, 0.5) is 0 Å². The molecular weight excluding hydrogens is 328 g/mol. The summed E-state index contributed by atoms with van der Waals surface area (Å²) >= 11 is 0. The molecule has 2 aliphatic rings. The number of piperidine rings is 1. The fraction of sp³-hybridized carbons (Fsp3) is 0.526. The zero-order valence-electron chi connectivity index (χ0n) is 15.1. The first-order valence-corrected chi connectivity index (χ1v) is 9.40. The smallest absolute Gasteiger partial charge is 0.247 e. The molecule has 3 unspecified atom stereocenters. The van der Waals surface area contributed by atoms with Crippen molar-refractivity contribution in [3.05, 3.63) is 48.5 Å². The summed E-state index contributed by atoms with van der Waals surface area (Å²) in [5.74, 6) is 1.18. The van der Waals surface area contributed by atoms with E-state index in [1.165, 1.54) is 11.9 Å². The number of carbonyl (C=O) groups is 1. The molecule has 4 rings (SSSR count). The number of amides is 1. The van der Waals surface area contributed by atoms with Gasteiger partial charge in [-0.25, -0.2) is 9.67 Å². The second-order valence-electron chi connectivity index (χ2n) is 7.28. The molecule has 26 heavy (non-hydrogen) atoms. The predicted octanol–water partition coefficient (Wildman–Crippen LogP) is 1.34. The minimum Gasteiger partial charge on any atom is -0.341 e. The normalized spacial score (nSPS) is 25.3. The Kier molecular flexibility index (Phi) is 4.99. The average molecular weight is 354 g/mol. The minimum atomic E-state index is -0.294. The van der Waals surface area contributed by atoms with Crippen molar-refractivity contribution in [2.45, 2.75) is 37.8 Å². The summed E-state index contributed by atoms with van der Waals surface area (Å²) in [6.07, 6.45) is 5.13. The fourth-order valence-electron chi connectivity index (χ4n) is 4.26. The van der Waals surface area contributed by atoms with E-state index in [0.29, 0.717) is 17.9 Å². The maximum Gasteiger partial charge on any atom is 0.247 e. The van der Waals surface area contributed by atoms with Crippen LogP contribution in [0.3, 0.4) is 0 Å². The van der Waals surface area contributed by atoms with Gasteiger partial charge >= 0.3 is 0 Å². The summed E-state index contributed by atoms with van der Waals surface area (Å²) in [5.41, 5.74) is 8.21. The van der Waals surface area contributed by atoms with Crippen LogP contribution >= 0.6 is 0 Å². The van der Waals surface area contributed by atoms with Crippen molar-refractivity contribution in [3.8, 4) is 0 Å². The fourth-order valence-corrected chi connectivity index (χ4v) is 4.26. The molecule has 1 aromatic carbocycles. The van der Waals surface area contributed by atoms with Crippen LogP contribution in [0.2, 0.25) is 0 Å². The van der Waals surface area contributed by atoms with Crippen molar-refractivity contribution in [1.29, 1.82) is 0 Å². The number of carbonyl (C=O) groups excluding carboxylic acids is 1. The van der Waals surface area contributed by atoms with E-state index in [1.54, 1.807) is 11.0 Å². The number of hydrogen-bond donors (Lipinski definition) is 2. The maximum absolute atomic E-state index is 12.7. The SMILES string of the molecule is CC(C(=O)N1CCC(C2NNCC2c2ccccc2)CC1)n1cncn1. The van der Waals surface area contributed by atoms with Crippen LogP contribution in [0.1, 0.15) is 37.3 Å². The lowest BCUT2D eigenvalue weighted by Gasteiger charge is -2.37. The Balaban J connectivity index is 1.37. The lowest BCUT2D eigenvalue weighted by atomic mass is 9.80. The molecule has 1 aromatic heterocycles. The van der Waals surface area contributed by atoms with Crippen LogP contribution in [0, 0.1) is 5.92 Å². The second kappa shape index (κ2) is 7.55. The molecule has 2 N–H and O–H groups in total. The second-order valence-corrected chi connectivity index (χ2v) is 7.28. The van der Waals surface area contributed by atoms with Crippen molar-refractivity contribution >= 4 is 5.91 Å². The number of likely N-dealkylation sites (tertiary alicyclic amines) is 1. The van der Waals surface area contributed by atoms with Crippen molar-refractivity contribution in [3.63, 3.8) is 0 Å². The van der Waals surface area contributed by atoms with Gasteiger partial charge in [0.05, 0.1) is 0 Å². The molecule has 2 saturated heterocycles. The molecule has 7 nitrogen and oxygen atoms in total. The van der Waals surface area contributed by atoms with Gasteiger partial charge in [-0.2, -0.15) is 5.10 Å². The third kappa shape index (κ3) is 3.37. The minimum absolute atomic E-state index is 0.131. The van der Waals surface area contributed by atoms with Gasteiger partial charge in [0.15, 0.2) is 0 Å². The van der Waals surface area contributed by atoms with E-state index >= 15 is 0 Å². The number of rotatable bonds is 4. The molecule has 1 amide bonds. The molecule has 0 bridgehead atoms. The summed E-state index contributed by atoms with van der Waals surface area (Å²) in [7, 11) is 0. The summed E-state index contributed by atoms with van der Waals surface area (Å²) in [5, 5.41) is 4.09. The highest BCUT2D eigenvalue weighted by molar-refractivity contribution is 5.80. The topological polar surface area (TPSA) is 75.1 Å². The number of nitrogens with zero attached hydrogens (tertiary/aromatic N) is 4. The van der Waals surface area contributed by atoms with E-state index in [-0.39, 0.29) is 11.9 Å². The third-order valence-corrected chi connectivity index (χ3v) is 5.80. The summed E-state index contributed by atoms with van der Waals surface area (Å²) in [6.45, 7) is 4.46. The largest absolute Gasteiger partial charge is 0.341 e. The Morgan fingerprint density at radius 1 is 1.23 bits per heavy atom. The summed E-state index contributed by atoms with van der Waals surface area (Å²) in [6, 6.07) is 10.8. The molecule has 0 radical (unpaired) electrons. The van der Waals surface area contributed by atoms with Crippen LogP contribution in [0.25, 0.3) is 0 Å². The zero-order chi connectivity index (χ0) is 17.9. The monoisotopic (exact) mass is 354 g/mol. The van der Waals surface area contributed by atoms with Gasteiger partial charge in [-0.3, -0.25) is 15.6 Å². The molecule has 0 saturated carbocycles. The van der Waals surface area contributed by atoms with Crippen molar-refractivity contribution in [1.82, 2.24) is 30.5 Å². The lowest BCUT2D eigenvalue weighted by molar-refractivity contribution is -0.136. The number of hydrazine groups is 1. The Morgan fingerprint density at radius 2 is 2.00 bits per heavy atom. The standard InChI is InChI=1S/C19H26N6O/c1-14(25-13-20-12-22-25)19(26)24-9-7-16(8-10-24)18-17(11-21-23-18)15-5-3-2-4-6-15/h2-6,12-14,16-18,21,23H,7-11H2,1H3. The molecule has 2 fully saturated rings. The van der Waals surface area contributed by atoms with E-state index in [0.717, 1.165) is 32.5 Å².